The first-order valence-corrected chi connectivity index (χ1v) is 11.4. The normalized spacial score (nSPS) is 26.1. The second-order valence-electron chi connectivity index (χ2n) is 9.19. The van der Waals surface area contributed by atoms with E-state index < -0.39 is 26.7 Å². The molecule has 0 aromatic carbocycles. The molecule has 2 N–H and O–H groups in total. The van der Waals surface area contributed by atoms with Crippen molar-refractivity contribution in [3.8, 4) is 0 Å². The van der Waals surface area contributed by atoms with Gasteiger partial charge in [0.15, 0.2) is 14.5 Å². The number of hydrogen-bond donors (Lipinski definition) is 1. The van der Waals surface area contributed by atoms with E-state index in [4.69, 9.17) is 14.9 Å². The number of hydrogen-bond acceptors (Lipinski definition) is 4. The van der Waals surface area contributed by atoms with Crippen molar-refractivity contribution < 1.29 is 13.6 Å². The van der Waals surface area contributed by atoms with Crippen LogP contribution in [0.4, 0.5) is 10.2 Å². The molecule has 7 heteroatoms. The maximum atomic E-state index is 15.0. The Hall–Kier alpha value is -0.923. The minimum Gasteiger partial charge on any atom is -0.408 e. The lowest BCUT2D eigenvalue weighted by atomic mass is 10.1. The van der Waals surface area contributed by atoms with Crippen LogP contribution in [0.3, 0.4) is 0 Å². The first-order chi connectivity index (χ1) is 10.7. The van der Waals surface area contributed by atoms with Gasteiger partial charge in [-0.25, -0.2) is 9.07 Å². The third-order valence-corrected chi connectivity index (χ3v) is 9.52. The summed E-state index contributed by atoms with van der Waals surface area (Å²) in [6.45, 7) is 16.9. The molecule has 0 unspecified atom stereocenters. The Morgan fingerprint density at radius 3 is 2.33 bits per heavy atom. The monoisotopic (exact) mass is 357 g/mol. The molecule has 1 saturated heterocycles. The fourth-order valence-corrected chi connectivity index (χ4v) is 3.88. The molecular formula is C17H32FN3O2Si. The molecule has 24 heavy (non-hydrogen) atoms. The zero-order valence-electron chi connectivity index (χ0n) is 16.2. The van der Waals surface area contributed by atoms with Crippen LogP contribution in [0.2, 0.25) is 18.1 Å². The first-order valence-electron chi connectivity index (χ1n) is 8.53. The Kier molecular flexibility index (Phi) is 4.94. The molecule has 0 amide bonds. The van der Waals surface area contributed by atoms with E-state index in [9.17, 15) is 4.39 Å². The lowest BCUT2D eigenvalue weighted by Gasteiger charge is -2.38. The number of ether oxygens (including phenoxy) is 1. The summed E-state index contributed by atoms with van der Waals surface area (Å²) in [6.07, 6.45) is -2.50. The molecule has 1 aliphatic heterocycles. The molecule has 0 saturated carbocycles. The van der Waals surface area contributed by atoms with Gasteiger partial charge in [-0.3, -0.25) is 0 Å². The molecule has 1 aliphatic rings. The van der Waals surface area contributed by atoms with Gasteiger partial charge >= 0.3 is 0 Å². The SMILES string of the molecule is CC(C)(C)n1nc([C@@H]2OC[C@@H](O[Si](C)(C)C(C)(C)C)[C@@H]2F)cc1N. The van der Waals surface area contributed by atoms with Crippen LogP contribution in [0.15, 0.2) is 6.07 Å². The van der Waals surface area contributed by atoms with Crippen LogP contribution < -0.4 is 5.73 Å². The summed E-state index contributed by atoms with van der Waals surface area (Å²) in [6, 6.07) is 1.71. The number of aromatic nitrogens is 2. The largest absolute Gasteiger partial charge is 0.408 e. The Bertz CT molecular complexity index is 590. The number of nitrogens with two attached hydrogens (primary N) is 1. The zero-order valence-corrected chi connectivity index (χ0v) is 17.2. The first kappa shape index (κ1) is 19.4. The van der Waals surface area contributed by atoms with E-state index in [1.165, 1.54) is 0 Å². The summed E-state index contributed by atoms with van der Waals surface area (Å²) >= 11 is 0. The van der Waals surface area contributed by atoms with Crippen LogP contribution in [0, 0.1) is 0 Å². The number of alkyl halides is 1. The van der Waals surface area contributed by atoms with Crippen molar-refractivity contribution >= 4 is 14.1 Å². The van der Waals surface area contributed by atoms with Crippen molar-refractivity contribution in [2.45, 2.75) is 83.6 Å². The van der Waals surface area contributed by atoms with E-state index in [0.717, 1.165) is 0 Å². The quantitative estimate of drug-likeness (QED) is 0.830. The zero-order chi connectivity index (χ0) is 18.5. The molecule has 0 aliphatic carbocycles. The molecule has 0 radical (unpaired) electrons. The summed E-state index contributed by atoms with van der Waals surface area (Å²) < 4.78 is 28.6. The Labute approximate surface area is 145 Å². The van der Waals surface area contributed by atoms with Gasteiger partial charge in [0.25, 0.3) is 0 Å². The smallest absolute Gasteiger partial charge is 0.192 e. The molecule has 3 atom stereocenters. The molecule has 138 valence electrons. The van der Waals surface area contributed by atoms with Crippen molar-refractivity contribution in [3.63, 3.8) is 0 Å². The number of rotatable bonds is 3. The molecule has 1 aromatic heterocycles. The minimum atomic E-state index is -2.05. The molecule has 5 nitrogen and oxygen atoms in total. The predicted molar refractivity (Wildman–Crippen MR) is 97.3 cm³/mol. The standard InChI is InChI=1S/C17H32FN3O2Si/c1-16(2,3)21-13(19)9-11(20-21)15-14(18)12(10-22-15)23-24(7,8)17(4,5)6/h9,12,14-15H,10,19H2,1-8H3/t12-,14+,15+/m1/s1. The molecule has 1 fully saturated rings. The number of nitrogen functional groups attached to an aromatic ring is 1. The molecule has 0 bridgehead atoms. The number of halogens is 1. The van der Waals surface area contributed by atoms with Crippen LogP contribution in [0.25, 0.3) is 0 Å². The van der Waals surface area contributed by atoms with E-state index in [2.05, 4.69) is 39.0 Å². The van der Waals surface area contributed by atoms with E-state index in [0.29, 0.717) is 11.5 Å². The van der Waals surface area contributed by atoms with Crippen LogP contribution in [0.1, 0.15) is 53.3 Å². The van der Waals surface area contributed by atoms with Crippen LogP contribution in [-0.4, -0.2) is 37.0 Å². The van der Waals surface area contributed by atoms with E-state index >= 15 is 0 Å². The van der Waals surface area contributed by atoms with Crippen molar-refractivity contribution in [1.29, 1.82) is 0 Å². The number of nitrogens with zero attached hydrogens (tertiary/aromatic N) is 2. The van der Waals surface area contributed by atoms with Crippen LogP contribution in [0.5, 0.6) is 0 Å². The lowest BCUT2D eigenvalue weighted by molar-refractivity contribution is 0.0733. The number of anilines is 1. The van der Waals surface area contributed by atoms with Gasteiger partial charge in [-0.1, -0.05) is 20.8 Å². The van der Waals surface area contributed by atoms with Gasteiger partial charge < -0.3 is 14.9 Å². The maximum absolute atomic E-state index is 15.0. The molecule has 1 aromatic rings. The van der Waals surface area contributed by atoms with Gasteiger partial charge in [-0.05, 0) is 38.9 Å². The fourth-order valence-electron chi connectivity index (χ4n) is 2.57. The Balaban J connectivity index is 2.16. The van der Waals surface area contributed by atoms with Gasteiger partial charge in [0.05, 0.1) is 17.8 Å². The van der Waals surface area contributed by atoms with Crippen molar-refractivity contribution in [2.75, 3.05) is 12.3 Å². The topological polar surface area (TPSA) is 62.3 Å². The van der Waals surface area contributed by atoms with E-state index in [-0.39, 0.29) is 17.2 Å². The second-order valence-corrected chi connectivity index (χ2v) is 13.9. The van der Waals surface area contributed by atoms with Gasteiger partial charge in [0.2, 0.25) is 0 Å². The third-order valence-electron chi connectivity index (χ3n) is 5.02. The highest BCUT2D eigenvalue weighted by Crippen LogP contribution is 2.41. The average Bonchev–Trinajstić information content (AvgIpc) is 2.92. The average molecular weight is 358 g/mol. The van der Waals surface area contributed by atoms with Gasteiger partial charge in [0, 0.05) is 6.07 Å². The highest BCUT2D eigenvalue weighted by atomic mass is 28.4. The van der Waals surface area contributed by atoms with E-state index in [1.54, 1.807) is 10.7 Å². The summed E-state index contributed by atoms with van der Waals surface area (Å²) in [5, 5.41) is 4.51. The third kappa shape index (κ3) is 3.68. The minimum absolute atomic E-state index is 0.0308. The van der Waals surface area contributed by atoms with Gasteiger partial charge in [-0.15, -0.1) is 0 Å². The summed E-state index contributed by atoms with van der Waals surface area (Å²) in [5.74, 6) is 0.516. The maximum Gasteiger partial charge on any atom is 0.192 e. The van der Waals surface area contributed by atoms with Crippen molar-refractivity contribution in [1.82, 2.24) is 9.78 Å². The van der Waals surface area contributed by atoms with Crippen molar-refractivity contribution in [2.24, 2.45) is 0 Å². The molecule has 2 heterocycles. The van der Waals surface area contributed by atoms with Gasteiger partial charge in [0.1, 0.15) is 18.0 Å². The molecule has 2 rings (SSSR count). The lowest BCUT2D eigenvalue weighted by Crippen LogP contribution is -2.46. The molecule has 0 spiro atoms. The highest BCUT2D eigenvalue weighted by Gasteiger charge is 2.47. The molecular weight excluding hydrogens is 325 g/mol. The summed E-state index contributed by atoms with van der Waals surface area (Å²) in [7, 11) is -2.05. The summed E-state index contributed by atoms with van der Waals surface area (Å²) in [4.78, 5) is 0. The second kappa shape index (κ2) is 6.11. The van der Waals surface area contributed by atoms with Crippen LogP contribution >= 0.6 is 0 Å². The van der Waals surface area contributed by atoms with Crippen molar-refractivity contribution in [3.05, 3.63) is 11.8 Å². The Morgan fingerprint density at radius 2 is 1.88 bits per heavy atom. The van der Waals surface area contributed by atoms with Crippen LogP contribution in [-0.2, 0) is 14.7 Å². The fraction of sp³-hybridized carbons (Fsp3) is 0.824. The van der Waals surface area contributed by atoms with Gasteiger partial charge in [-0.2, -0.15) is 5.10 Å². The Morgan fingerprint density at radius 1 is 1.29 bits per heavy atom. The predicted octanol–water partition coefficient (Wildman–Crippen LogP) is 4.02. The highest BCUT2D eigenvalue weighted by molar-refractivity contribution is 6.74. The summed E-state index contributed by atoms with van der Waals surface area (Å²) in [5.41, 5.74) is 6.31. The van der Waals surface area contributed by atoms with E-state index in [1.807, 2.05) is 20.8 Å².